The molecule has 1 aliphatic carbocycles. The first-order valence-corrected chi connectivity index (χ1v) is 10.3. The zero-order chi connectivity index (χ0) is 21.1. The quantitative estimate of drug-likeness (QED) is 0.476. The topological polar surface area (TPSA) is 44.1 Å². The van der Waals surface area contributed by atoms with Crippen LogP contribution in [0.3, 0.4) is 0 Å². The number of nitrogens with zero attached hydrogens (tertiary/aromatic N) is 2. The van der Waals surface area contributed by atoms with Gasteiger partial charge in [-0.05, 0) is 53.1 Å². The van der Waals surface area contributed by atoms with Crippen LogP contribution in [0.5, 0.6) is 0 Å². The van der Waals surface area contributed by atoms with Crippen molar-refractivity contribution in [2.24, 2.45) is 0 Å². The number of esters is 1. The molecule has 0 amide bonds. The van der Waals surface area contributed by atoms with Crippen molar-refractivity contribution in [2.45, 2.75) is 44.6 Å². The monoisotopic (exact) mass is 398 g/mol. The molecule has 0 bridgehead atoms. The largest absolute Gasteiger partial charge is 0.469 e. The Hall–Kier alpha value is -3.32. The van der Waals surface area contributed by atoms with Crippen LogP contribution in [0.2, 0.25) is 0 Å². The maximum Gasteiger partial charge on any atom is 0.309 e. The van der Waals surface area contributed by atoms with Crippen LogP contribution in [-0.4, -0.2) is 22.6 Å². The highest BCUT2D eigenvalue weighted by Gasteiger charge is 2.34. The Kier molecular flexibility index (Phi) is 5.46. The summed E-state index contributed by atoms with van der Waals surface area (Å²) in [6, 6.07) is 14.5. The van der Waals surface area contributed by atoms with Crippen LogP contribution >= 0.6 is 0 Å². The average molecular weight is 399 g/mol. The van der Waals surface area contributed by atoms with E-state index in [2.05, 4.69) is 53.4 Å². The third kappa shape index (κ3) is 4.02. The first kappa shape index (κ1) is 20.0. The van der Waals surface area contributed by atoms with Crippen molar-refractivity contribution in [2.75, 3.05) is 7.11 Å². The lowest BCUT2D eigenvalue weighted by Crippen LogP contribution is -2.29. The van der Waals surface area contributed by atoms with Crippen LogP contribution in [0.15, 0.2) is 61.2 Å². The molecule has 1 aromatic heterocycles. The Morgan fingerprint density at radius 2 is 2.00 bits per heavy atom. The predicted octanol–water partition coefficient (Wildman–Crippen LogP) is 4.66. The summed E-state index contributed by atoms with van der Waals surface area (Å²) in [6.45, 7) is 4.62. The second kappa shape index (κ2) is 8.20. The van der Waals surface area contributed by atoms with Gasteiger partial charge >= 0.3 is 5.97 Å². The molecule has 0 spiro atoms. The van der Waals surface area contributed by atoms with Gasteiger partial charge in [0.05, 0.1) is 25.9 Å². The van der Waals surface area contributed by atoms with Crippen molar-refractivity contribution in [1.82, 2.24) is 9.55 Å². The summed E-state index contributed by atoms with van der Waals surface area (Å²) in [5.41, 5.74) is 5.69. The summed E-state index contributed by atoms with van der Waals surface area (Å²) in [4.78, 5) is 15.7. The third-order valence-electron chi connectivity index (χ3n) is 5.93. The lowest BCUT2D eigenvalue weighted by molar-refractivity contribution is -0.139. The maximum atomic E-state index is 11.4. The van der Waals surface area contributed by atoms with E-state index >= 15 is 0 Å². The van der Waals surface area contributed by atoms with E-state index in [4.69, 9.17) is 4.74 Å². The van der Waals surface area contributed by atoms with Gasteiger partial charge in [-0.2, -0.15) is 0 Å². The van der Waals surface area contributed by atoms with Crippen molar-refractivity contribution < 1.29 is 9.53 Å². The van der Waals surface area contributed by atoms with Crippen LogP contribution < -0.4 is 0 Å². The SMILES string of the molecule is COC(=O)Cc1ccc(C#Cc2cccc3c2C(C)(C)CCC3n2ccnc2)cc1. The second-order valence-electron chi connectivity index (χ2n) is 8.42. The van der Waals surface area contributed by atoms with E-state index < -0.39 is 0 Å². The fraction of sp³-hybridized carbons (Fsp3) is 0.308. The Morgan fingerprint density at radius 1 is 1.20 bits per heavy atom. The van der Waals surface area contributed by atoms with Crippen LogP contribution in [-0.2, 0) is 21.4 Å². The van der Waals surface area contributed by atoms with Gasteiger partial charge in [-0.3, -0.25) is 4.79 Å². The molecule has 30 heavy (non-hydrogen) atoms. The Bertz CT molecular complexity index is 1100. The highest BCUT2D eigenvalue weighted by molar-refractivity contribution is 5.72. The lowest BCUT2D eigenvalue weighted by atomic mass is 9.69. The van der Waals surface area contributed by atoms with E-state index in [0.29, 0.717) is 6.04 Å². The number of hydrogen-bond donors (Lipinski definition) is 0. The Labute approximate surface area is 177 Å². The average Bonchev–Trinajstić information content (AvgIpc) is 3.27. The molecule has 4 nitrogen and oxygen atoms in total. The number of hydrogen-bond acceptors (Lipinski definition) is 3. The zero-order valence-corrected chi connectivity index (χ0v) is 17.7. The van der Waals surface area contributed by atoms with Gasteiger partial charge in [-0.25, -0.2) is 4.98 Å². The molecular weight excluding hydrogens is 372 g/mol. The van der Waals surface area contributed by atoms with Gasteiger partial charge in [0.2, 0.25) is 0 Å². The number of imidazole rings is 1. The van der Waals surface area contributed by atoms with Crippen LogP contribution in [0.25, 0.3) is 0 Å². The molecule has 3 aromatic rings. The fourth-order valence-corrected chi connectivity index (χ4v) is 4.33. The number of rotatable bonds is 3. The van der Waals surface area contributed by atoms with Gasteiger partial charge in [-0.15, -0.1) is 0 Å². The second-order valence-corrected chi connectivity index (χ2v) is 8.42. The van der Waals surface area contributed by atoms with Crippen LogP contribution in [0.4, 0.5) is 0 Å². The van der Waals surface area contributed by atoms with Gasteiger partial charge in [0.1, 0.15) is 0 Å². The molecule has 4 heteroatoms. The molecule has 0 fully saturated rings. The van der Waals surface area contributed by atoms with Gasteiger partial charge in [0.25, 0.3) is 0 Å². The highest BCUT2D eigenvalue weighted by atomic mass is 16.5. The molecule has 4 rings (SSSR count). The van der Waals surface area contributed by atoms with Gasteiger partial charge in [-0.1, -0.05) is 50.0 Å². The minimum absolute atomic E-state index is 0.0715. The molecule has 1 unspecified atom stereocenters. The number of ether oxygens (including phenoxy) is 1. The summed E-state index contributed by atoms with van der Waals surface area (Å²) in [5.74, 6) is 6.49. The maximum absolute atomic E-state index is 11.4. The fourth-order valence-electron chi connectivity index (χ4n) is 4.33. The molecule has 1 atom stereocenters. The summed E-state index contributed by atoms with van der Waals surface area (Å²) >= 11 is 0. The van der Waals surface area contributed by atoms with E-state index in [-0.39, 0.29) is 17.8 Å². The number of carbonyl (C=O) groups is 1. The van der Waals surface area contributed by atoms with Gasteiger partial charge < -0.3 is 9.30 Å². The molecule has 2 aromatic carbocycles. The normalized spacial score (nSPS) is 16.8. The molecule has 1 aliphatic rings. The summed E-state index contributed by atoms with van der Waals surface area (Å²) in [7, 11) is 1.40. The summed E-state index contributed by atoms with van der Waals surface area (Å²) in [6.07, 6.45) is 8.26. The molecule has 0 aliphatic heterocycles. The number of fused-ring (bicyclic) bond motifs is 1. The number of aromatic nitrogens is 2. The van der Waals surface area contributed by atoms with Crippen molar-refractivity contribution in [3.05, 3.63) is 89.0 Å². The van der Waals surface area contributed by atoms with E-state index in [1.165, 1.54) is 18.2 Å². The van der Waals surface area contributed by atoms with Gasteiger partial charge in [0, 0.05) is 23.5 Å². The highest BCUT2D eigenvalue weighted by Crippen LogP contribution is 2.44. The van der Waals surface area contributed by atoms with Crippen LogP contribution in [0.1, 0.15) is 60.5 Å². The van der Waals surface area contributed by atoms with E-state index in [1.54, 1.807) is 0 Å². The summed E-state index contributed by atoms with van der Waals surface area (Å²) in [5, 5.41) is 0. The minimum Gasteiger partial charge on any atom is -0.469 e. The first-order valence-electron chi connectivity index (χ1n) is 10.3. The molecule has 152 valence electrons. The Morgan fingerprint density at radius 3 is 2.70 bits per heavy atom. The predicted molar refractivity (Wildman–Crippen MR) is 117 cm³/mol. The smallest absolute Gasteiger partial charge is 0.309 e. The standard InChI is InChI=1S/C26H26N2O2/c1-26(2)14-13-23(28-16-15-27-18-28)22-6-4-5-21(25(22)26)12-11-19-7-9-20(10-8-19)17-24(29)30-3/h4-10,15-16,18,23H,13-14,17H2,1-3H3. The summed E-state index contributed by atoms with van der Waals surface area (Å²) < 4.78 is 6.92. The Balaban J connectivity index is 1.67. The van der Waals surface area contributed by atoms with E-state index in [1.807, 2.05) is 43.0 Å². The van der Waals surface area contributed by atoms with E-state index in [9.17, 15) is 4.79 Å². The molecule has 0 radical (unpaired) electrons. The number of carbonyl (C=O) groups excluding carboxylic acids is 1. The number of benzene rings is 2. The van der Waals surface area contributed by atoms with Crippen LogP contribution in [0, 0.1) is 11.8 Å². The van der Waals surface area contributed by atoms with Gasteiger partial charge in [0.15, 0.2) is 0 Å². The minimum atomic E-state index is -0.237. The van der Waals surface area contributed by atoms with Crippen molar-refractivity contribution in [1.29, 1.82) is 0 Å². The first-order chi connectivity index (χ1) is 14.5. The molecular formula is C26H26N2O2. The third-order valence-corrected chi connectivity index (χ3v) is 5.93. The molecule has 0 saturated carbocycles. The van der Waals surface area contributed by atoms with Crippen molar-refractivity contribution in [3.8, 4) is 11.8 Å². The van der Waals surface area contributed by atoms with Crippen molar-refractivity contribution >= 4 is 5.97 Å². The molecule has 0 N–H and O–H groups in total. The molecule has 0 saturated heterocycles. The number of methoxy groups -OCH3 is 1. The zero-order valence-electron chi connectivity index (χ0n) is 17.7. The lowest BCUT2D eigenvalue weighted by Gasteiger charge is -2.38. The molecule has 1 heterocycles. The van der Waals surface area contributed by atoms with Crippen molar-refractivity contribution in [3.63, 3.8) is 0 Å². The van der Waals surface area contributed by atoms with E-state index in [0.717, 1.165) is 29.5 Å².